The topological polar surface area (TPSA) is 63.8 Å². The van der Waals surface area contributed by atoms with Crippen LogP contribution in [0.1, 0.15) is 5.69 Å². The first-order valence-corrected chi connectivity index (χ1v) is 6.14. The van der Waals surface area contributed by atoms with Crippen molar-refractivity contribution in [3.63, 3.8) is 0 Å². The highest BCUT2D eigenvalue weighted by Gasteiger charge is 2.08. The zero-order chi connectivity index (χ0) is 13.9. The van der Waals surface area contributed by atoms with Gasteiger partial charge in [0.25, 0.3) is 0 Å². The average molecular weight is 262 g/mol. The van der Waals surface area contributed by atoms with E-state index in [4.69, 9.17) is 7.85 Å². The molecule has 0 amide bonds. The first-order chi connectivity index (χ1) is 9.78. The Kier molecular flexibility index (Phi) is 3.21. The molecule has 0 atom stereocenters. The number of nitrogens with zero attached hydrogens (tertiary/aromatic N) is 4. The van der Waals surface area contributed by atoms with E-state index in [1.54, 1.807) is 35.1 Å². The quantitative estimate of drug-likeness (QED) is 0.730. The van der Waals surface area contributed by atoms with Crippen LogP contribution in [0.3, 0.4) is 0 Å². The molecule has 0 spiro atoms. The van der Waals surface area contributed by atoms with Crippen molar-refractivity contribution in [2.45, 2.75) is 6.32 Å². The summed E-state index contributed by atoms with van der Waals surface area (Å²) in [5.41, 5.74) is 2.72. The number of hydrogen-bond acceptors (Lipinski definition) is 4. The minimum Gasteiger partial charge on any atom is -0.507 e. The van der Waals surface area contributed by atoms with Crippen molar-refractivity contribution < 1.29 is 5.11 Å². The van der Waals surface area contributed by atoms with Crippen molar-refractivity contribution in [2.75, 3.05) is 0 Å². The van der Waals surface area contributed by atoms with Crippen LogP contribution in [0.25, 0.3) is 16.9 Å². The molecule has 5 nitrogen and oxygen atoms in total. The summed E-state index contributed by atoms with van der Waals surface area (Å²) in [5, 5.41) is 22.3. The maximum atomic E-state index is 10.1. The fourth-order valence-corrected chi connectivity index (χ4v) is 1.91. The van der Waals surface area contributed by atoms with E-state index in [2.05, 4.69) is 15.3 Å². The lowest BCUT2D eigenvalue weighted by Gasteiger charge is -2.07. The van der Waals surface area contributed by atoms with Gasteiger partial charge in [-0.3, -0.25) is 0 Å². The van der Waals surface area contributed by atoms with Crippen molar-refractivity contribution in [3.05, 3.63) is 54.5 Å². The van der Waals surface area contributed by atoms with Gasteiger partial charge in [0, 0.05) is 24.0 Å². The largest absolute Gasteiger partial charge is 0.507 e. The second kappa shape index (κ2) is 5.17. The van der Waals surface area contributed by atoms with Crippen molar-refractivity contribution in [1.29, 1.82) is 0 Å². The summed E-state index contributed by atoms with van der Waals surface area (Å²) in [6, 6.07) is 10.7. The molecule has 1 N–H and O–H groups in total. The summed E-state index contributed by atoms with van der Waals surface area (Å²) < 4.78 is 1.67. The van der Waals surface area contributed by atoms with Gasteiger partial charge in [-0.05, 0) is 36.7 Å². The molecule has 1 aromatic carbocycles. The lowest BCUT2D eigenvalue weighted by molar-refractivity contribution is 0.476. The summed E-state index contributed by atoms with van der Waals surface area (Å²) in [7, 11) is 5.48. The Morgan fingerprint density at radius 3 is 2.65 bits per heavy atom. The smallest absolute Gasteiger partial charge is 0.127 e. The normalized spacial score (nSPS) is 10.6. The van der Waals surface area contributed by atoms with E-state index in [0.717, 1.165) is 5.69 Å². The number of hydrogen-bond donors (Lipinski definition) is 1. The third-order valence-electron chi connectivity index (χ3n) is 2.96. The molecule has 0 bridgehead atoms. The monoisotopic (exact) mass is 262 g/mol. The Morgan fingerprint density at radius 1 is 1.15 bits per heavy atom. The number of rotatable bonds is 3. The molecule has 0 aliphatic carbocycles. The van der Waals surface area contributed by atoms with Gasteiger partial charge in [-0.1, -0.05) is 0 Å². The summed E-state index contributed by atoms with van der Waals surface area (Å²) >= 11 is 0. The number of phenols is 1. The SMILES string of the molecule is [B]Cc1ccc(-c2ccc(-n3cccn3)cc2O)nn1. The third kappa shape index (κ3) is 2.27. The first-order valence-electron chi connectivity index (χ1n) is 6.14. The van der Waals surface area contributed by atoms with E-state index < -0.39 is 0 Å². The van der Waals surface area contributed by atoms with Crippen molar-refractivity contribution in [2.24, 2.45) is 0 Å². The van der Waals surface area contributed by atoms with Crippen LogP contribution >= 0.6 is 0 Å². The van der Waals surface area contributed by atoms with Crippen LogP contribution in [0, 0.1) is 0 Å². The molecule has 3 aromatic rings. The molecule has 96 valence electrons. The van der Waals surface area contributed by atoms with Gasteiger partial charge in [0.05, 0.1) is 24.9 Å². The predicted octanol–water partition coefficient (Wildman–Crippen LogP) is 1.70. The van der Waals surface area contributed by atoms with Crippen LogP contribution in [0.5, 0.6) is 5.75 Å². The Hall–Kier alpha value is -2.63. The van der Waals surface area contributed by atoms with Crippen molar-refractivity contribution >= 4 is 7.85 Å². The second-order valence-electron chi connectivity index (χ2n) is 4.27. The summed E-state index contributed by atoms with van der Waals surface area (Å²) in [5.74, 6) is 0.132. The average Bonchev–Trinajstić information content (AvgIpc) is 3.01. The van der Waals surface area contributed by atoms with E-state index in [9.17, 15) is 5.11 Å². The number of phenolic OH excluding ortho intramolecular Hbond substituents is 1. The fraction of sp³-hybridized carbons (Fsp3) is 0.0714. The van der Waals surface area contributed by atoms with Gasteiger partial charge in [-0.15, -0.1) is 0 Å². The van der Waals surface area contributed by atoms with Crippen LogP contribution < -0.4 is 0 Å². The van der Waals surface area contributed by atoms with E-state index >= 15 is 0 Å². The van der Waals surface area contributed by atoms with Gasteiger partial charge in [-0.25, -0.2) is 4.68 Å². The molecule has 0 saturated carbocycles. The highest BCUT2D eigenvalue weighted by molar-refractivity contribution is 6.08. The highest BCUT2D eigenvalue weighted by atomic mass is 16.3. The molecule has 2 aromatic heterocycles. The fourth-order valence-electron chi connectivity index (χ4n) is 1.91. The summed E-state index contributed by atoms with van der Waals surface area (Å²) in [6.45, 7) is 0. The van der Waals surface area contributed by atoms with Crippen LogP contribution in [0.15, 0.2) is 48.8 Å². The highest BCUT2D eigenvalue weighted by Crippen LogP contribution is 2.29. The van der Waals surface area contributed by atoms with Crippen molar-refractivity contribution in [1.82, 2.24) is 20.0 Å². The molecule has 20 heavy (non-hydrogen) atoms. The molecule has 0 aliphatic heterocycles. The van der Waals surface area contributed by atoms with E-state index in [1.165, 1.54) is 0 Å². The lowest BCUT2D eigenvalue weighted by atomic mass is 10.0. The molecule has 6 heteroatoms. The van der Waals surface area contributed by atoms with Gasteiger partial charge in [0.15, 0.2) is 0 Å². The summed E-state index contributed by atoms with van der Waals surface area (Å²) in [6.07, 6.45) is 3.84. The van der Waals surface area contributed by atoms with E-state index in [1.807, 2.05) is 18.3 Å². The predicted molar refractivity (Wildman–Crippen MR) is 75.7 cm³/mol. The van der Waals surface area contributed by atoms with Crippen LogP contribution in [-0.4, -0.2) is 32.9 Å². The van der Waals surface area contributed by atoms with Gasteiger partial charge in [-0.2, -0.15) is 15.3 Å². The molecule has 0 unspecified atom stereocenters. The van der Waals surface area contributed by atoms with Gasteiger partial charge < -0.3 is 5.11 Å². The minimum absolute atomic E-state index is 0.132. The molecule has 0 fully saturated rings. The van der Waals surface area contributed by atoms with Crippen molar-refractivity contribution in [3.8, 4) is 22.7 Å². The van der Waals surface area contributed by atoms with Crippen LogP contribution in [0.2, 0.25) is 0 Å². The van der Waals surface area contributed by atoms with Gasteiger partial charge in [0.1, 0.15) is 5.75 Å². The van der Waals surface area contributed by atoms with Crippen LogP contribution in [-0.2, 0) is 6.32 Å². The van der Waals surface area contributed by atoms with E-state index in [0.29, 0.717) is 23.3 Å². The molecular formula is C14H11BN4O. The Labute approximate surface area is 117 Å². The second-order valence-corrected chi connectivity index (χ2v) is 4.27. The standard InChI is InChI=1S/C14H11BN4O/c15-9-10-2-5-13(18-17-10)12-4-3-11(8-14(12)20)19-7-1-6-16-19/h1-8,20H,9H2. The number of aromatic hydroxyl groups is 1. The molecule has 0 aliphatic rings. The maximum Gasteiger partial charge on any atom is 0.127 e. The molecule has 2 heterocycles. The number of aromatic nitrogens is 4. The number of benzene rings is 1. The molecule has 3 rings (SSSR count). The molecule has 2 radical (unpaired) electrons. The van der Waals surface area contributed by atoms with Gasteiger partial charge >= 0.3 is 0 Å². The van der Waals surface area contributed by atoms with E-state index in [-0.39, 0.29) is 5.75 Å². The maximum absolute atomic E-state index is 10.1. The zero-order valence-electron chi connectivity index (χ0n) is 10.6. The van der Waals surface area contributed by atoms with Crippen LogP contribution in [0.4, 0.5) is 0 Å². The lowest BCUT2D eigenvalue weighted by Crippen LogP contribution is -1.96. The molecule has 0 saturated heterocycles. The third-order valence-corrected chi connectivity index (χ3v) is 2.96. The Morgan fingerprint density at radius 2 is 2.05 bits per heavy atom. The Balaban J connectivity index is 1.98. The van der Waals surface area contributed by atoms with Gasteiger partial charge in [0.2, 0.25) is 0 Å². The molecular weight excluding hydrogens is 251 g/mol. The summed E-state index contributed by atoms with van der Waals surface area (Å²) in [4.78, 5) is 0. The zero-order valence-corrected chi connectivity index (χ0v) is 10.6. The Bertz CT molecular complexity index is 711. The first kappa shape index (κ1) is 12.4. The minimum atomic E-state index is 0.132.